The minimum absolute atomic E-state index is 0.186. The number of nitrogens with one attached hydrogen (secondary N) is 2. The summed E-state index contributed by atoms with van der Waals surface area (Å²) in [4.78, 5) is 48.8. The lowest BCUT2D eigenvalue weighted by Gasteiger charge is -2.35. The molecule has 4 amide bonds. The Morgan fingerprint density at radius 3 is 2.05 bits per heavy atom. The highest BCUT2D eigenvalue weighted by Crippen LogP contribution is 2.35. The number of benzene rings is 2. The SMILES string of the molecule is CC.CC.CCN1CCSC(C)(C)C1=O.CNC(=O)C1(N(C)C=O)Cc2ccc(NC=O)cc2C1.Fc1cccc(F)c1. The molecule has 0 spiro atoms. The number of thioether (sulfide) groups is 1. The molecule has 1 saturated heterocycles. The van der Waals surface area contributed by atoms with Crippen LogP contribution in [0.2, 0.25) is 0 Å². The van der Waals surface area contributed by atoms with E-state index in [2.05, 4.69) is 10.6 Å². The molecule has 2 aromatic rings. The van der Waals surface area contributed by atoms with Gasteiger partial charge in [-0.3, -0.25) is 19.2 Å². The van der Waals surface area contributed by atoms with Crippen LogP contribution in [-0.4, -0.2) is 77.7 Å². The van der Waals surface area contributed by atoms with Crippen molar-refractivity contribution in [2.75, 3.05) is 38.3 Å². The number of carbonyl (C=O) groups is 4. The van der Waals surface area contributed by atoms with E-state index in [9.17, 15) is 28.0 Å². The van der Waals surface area contributed by atoms with E-state index < -0.39 is 17.2 Å². The van der Waals surface area contributed by atoms with E-state index in [-0.39, 0.29) is 16.6 Å². The van der Waals surface area contributed by atoms with Gasteiger partial charge in [0.05, 0.1) is 4.75 Å². The fourth-order valence-electron chi connectivity index (χ4n) is 4.43. The van der Waals surface area contributed by atoms with Gasteiger partial charge in [-0.05, 0) is 56.2 Å². The van der Waals surface area contributed by atoms with Crippen LogP contribution < -0.4 is 10.6 Å². The Labute approximate surface area is 260 Å². The van der Waals surface area contributed by atoms with Crippen molar-refractivity contribution in [2.24, 2.45) is 0 Å². The summed E-state index contributed by atoms with van der Waals surface area (Å²) in [6.07, 6.45) is 2.19. The van der Waals surface area contributed by atoms with Crippen molar-refractivity contribution in [3.8, 4) is 0 Å². The second kappa shape index (κ2) is 19.7. The van der Waals surface area contributed by atoms with Gasteiger partial charge in [0.25, 0.3) is 0 Å². The third-order valence-corrected chi connectivity index (χ3v) is 7.96. The summed E-state index contributed by atoms with van der Waals surface area (Å²) in [5.74, 6) is 0.103. The number of likely N-dealkylation sites (N-methyl/N-ethyl adjacent to an activating group) is 2. The number of rotatable bonds is 6. The molecule has 0 bridgehead atoms. The fourth-order valence-corrected chi connectivity index (χ4v) is 5.51. The predicted octanol–water partition coefficient (Wildman–Crippen LogP) is 5.30. The second-order valence-electron chi connectivity index (χ2n) is 9.61. The van der Waals surface area contributed by atoms with Crippen LogP contribution in [0.1, 0.15) is 59.6 Å². The van der Waals surface area contributed by atoms with Crippen LogP contribution in [0, 0.1) is 11.6 Å². The summed E-state index contributed by atoms with van der Waals surface area (Å²) in [5, 5.41) is 5.21. The monoisotopic (exact) mass is 622 g/mol. The first-order chi connectivity index (χ1) is 20.4. The van der Waals surface area contributed by atoms with Gasteiger partial charge in [0.1, 0.15) is 17.2 Å². The third kappa shape index (κ3) is 11.3. The first kappa shape index (κ1) is 39.5. The molecule has 0 radical (unpaired) electrons. The fraction of sp³-hybridized carbons (Fsp3) is 0.500. The van der Waals surface area contributed by atoms with E-state index in [4.69, 9.17) is 0 Å². The van der Waals surface area contributed by atoms with Gasteiger partial charge in [0.2, 0.25) is 24.6 Å². The summed E-state index contributed by atoms with van der Waals surface area (Å²) in [5.41, 5.74) is 1.77. The number of carbonyl (C=O) groups excluding carboxylic acids is 4. The van der Waals surface area contributed by atoms with Gasteiger partial charge in [-0.15, -0.1) is 11.8 Å². The topological polar surface area (TPSA) is 98.8 Å². The Morgan fingerprint density at radius 2 is 1.60 bits per heavy atom. The molecule has 1 aliphatic carbocycles. The average Bonchev–Trinajstić information content (AvgIpc) is 3.40. The Morgan fingerprint density at radius 1 is 1.02 bits per heavy atom. The van der Waals surface area contributed by atoms with Gasteiger partial charge in [-0.2, -0.15) is 0 Å². The minimum atomic E-state index is -0.890. The molecule has 43 heavy (non-hydrogen) atoms. The van der Waals surface area contributed by atoms with E-state index in [0.29, 0.717) is 31.3 Å². The molecule has 11 heteroatoms. The molecule has 1 unspecified atom stereocenters. The van der Waals surface area contributed by atoms with E-state index in [1.807, 2.05) is 65.5 Å². The number of halogens is 2. The average molecular weight is 623 g/mol. The van der Waals surface area contributed by atoms with Crippen LogP contribution in [0.4, 0.5) is 14.5 Å². The summed E-state index contributed by atoms with van der Waals surface area (Å²) in [7, 11) is 3.17. The van der Waals surface area contributed by atoms with Gasteiger partial charge in [0.15, 0.2) is 0 Å². The van der Waals surface area contributed by atoms with E-state index in [1.165, 1.54) is 23.1 Å². The number of fused-ring (bicyclic) bond motifs is 1. The summed E-state index contributed by atoms with van der Waals surface area (Å²) < 4.78 is 23.7. The van der Waals surface area contributed by atoms with Crippen LogP contribution >= 0.6 is 11.8 Å². The predicted molar refractivity (Wildman–Crippen MR) is 172 cm³/mol. The highest BCUT2D eigenvalue weighted by molar-refractivity contribution is 8.01. The molecule has 1 heterocycles. The largest absolute Gasteiger partial charge is 0.357 e. The minimum Gasteiger partial charge on any atom is -0.357 e. The molecular weight excluding hydrogens is 574 g/mol. The van der Waals surface area contributed by atoms with Gasteiger partial charge in [-0.25, -0.2) is 8.78 Å². The Bertz CT molecular complexity index is 1160. The lowest BCUT2D eigenvalue weighted by atomic mass is 9.93. The van der Waals surface area contributed by atoms with Crippen molar-refractivity contribution in [3.05, 3.63) is 65.2 Å². The van der Waals surface area contributed by atoms with Crippen LogP contribution in [0.15, 0.2) is 42.5 Å². The number of anilines is 1. The van der Waals surface area contributed by atoms with E-state index >= 15 is 0 Å². The quantitative estimate of drug-likeness (QED) is 0.426. The van der Waals surface area contributed by atoms with Crippen molar-refractivity contribution in [1.29, 1.82) is 0 Å². The summed E-state index contributed by atoms with van der Waals surface area (Å²) in [6, 6.07) is 10.1. The lowest BCUT2D eigenvalue weighted by Crippen LogP contribution is -2.57. The zero-order chi connectivity index (χ0) is 33.2. The molecular formula is C32H48F2N4O4S. The van der Waals surface area contributed by atoms with Crippen LogP contribution in [0.3, 0.4) is 0 Å². The van der Waals surface area contributed by atoms with Crippen LogP contribution in [0.25, 0.3) is 0 Å². The first-order valence-corrected chi connectivity index (χ1v) is 15.5. The number of nitrogens with zero attached hydrogens (tertiary/aromatic N) is 2. The molecule has 1 aliphatic heterocycles. The highest BCUT2D eigenvalue weighted by atomic mass is 32.2. The van der Waals surface area contributed by atoms with Gasteiger partial charge < -0.3 is 20.4 Å². The van der Waals surface area contributed by atoms with Crippen LogP contribution in [0.5, 0.6) is 0 Å². The molecule has 1 atom stereocenters. The van der Waals surface area contributed by atoms with Gasteiger partial charge in [-0.1, -0.05) is 39.8 Å². The Balaban J connectivity index is 0.000000644. The zero-order valence-electron chi connectivity index (χ0n) is 26.9. The number of hydrogen-bond donors (Lipinski definition) is 2. The number of amides is 4. The van der Waals surface area contributed by atoms with E-state index in [1.54, 1.807) is 31.9 Å². The van der Waals surface area contributed by atoms with Crippen molar-refractivity contribution in [2.45, 2.75) is 71.6 Å². The molecule has 0 aromatic heterocycles. The second-order valence-corrected chi connectivity index (χ2v) is 11.3. The highest BCUT2D eigenvalue weighted by Gasteiger charge is 2.46. The first-order valence-electron chi connectivity index (χ1n) is 14.5. The van der Waals surface area contributed by atoms with Gasteiger partial charge >= 0.3 is 0 Å². The van der Waals surface area contributed by atoms with Crippen molar-refractivity contribution >= 4 is 42.1 Å². The van der Waals surface area contributed by atoms with Gasteiger partial charge in [0, 0.05) is 57.5 Å². The lowest BCUT2D eigenvalue weighted by molar-refractivity contribution is -0.138. The normalized spacial score (nSPS) is 17.4. The smallest absolute Gasteiger partial charge is 0.246 e. The van der Waals surface area contributed by atoms with Crippen molar-refractivity contribution in [1.82, 2.24) is 15.1 Å². The standard InChI is InChI=1S/C14H17N3O3.C8H15NOS.C6H4F2.2C2H6/c1-15-13(20)14(17(2)9-19)6-10-3-4-12(16-8-18)5-11(10)7-14;1-4-9-5-6-11-8(2,3)7(9)10;7-5-2-1-3-6(8)4-5;2*1-2/h3-5,8-9H,6-7H2,1-2H3,(H,15,20)(H,16,18);4-6H2,1-3H3;1-4H;2*1-2H3. The Kier molecular flexibility index (Phi) is 18.1. The molecule has 2 aromatic carbocycles. The molecule has 2 N–H and O–H groups in total. The maximum atomic E-state index is 12.2. The summed E-state index contributed by atoms with van der Waals surface area (Å²) >= 11 is 1.76. The van der Waals surface area contributed by atoms with Crippen LogP contribution in [-0.2, 0) is 32.0 Å². The molecule has 4 rings (SSSR count). The van der Waals surface area contributed by atoms with Crippen molar-refractivity contribution in [3.63, 3.8) is 0 Å². The zero-order valence-corrected chi connectivity index (χ0v) is 27.7. The van der Waals surface area contributed by atoms with E-state index in [0.717, 1.165) is 36.0 Å². The maximum Gasteiger partial charge on any atom is 0.246 e. The molecule has 240 valence electrons. The third-order valence-electron chi connectivity index (χ3n) is 6.68. The molecule has 1 fully saturated rings. The maximum absolute atomic E-state index is 12.2. The molecule has 8 nitrogen and oxygen atoms in total. The number of hydrogen-bond acceptors (Lipinski definition) is 5. The molecule has 0 saturated carbocycles. The van der Waals surface area contributed by atoms with Crippen molar-refractivity contribution < 1.29 is 28.0 Å². The Hall–Kier alpha value is -3.47. The summed E-state index contributed by atoms with van der Waals surface area (Å²) in [6.45, 7) is 15.8. The molecule has 2 aliphatic rings.